The van der Waals surface area contributed by atoms with E-state index in [-0.39, 0.29) is 16.5 Å². The Morgan fingerprint density at radius 1 is 1.29 bits per heavy atom. The summed E-state index contributed by atoms with van der Waals surface area (Å²) in [5.74, 6) is -1.18. The molecule has 5 nitrogen and oxygen atoms in total. The van der Waals surface area contributed by atoms with Crippen molar-refractivity contribution in [2.75, 3.05) is 18.4 Å². The van der Waals surface area contributed by atoms with Crippen molar-refractivity contribution >= 4 is 39.8 Å². The monoisotopic (exact) mass is 369 g/mol. The molecule has 2 amide bonds. The Balaban J connectivity index is 2.09. The first-order valence-corrected chi connectivity index (χ1v) is 8.47. The average molecular weight is 370 g/mol. The highest BCUT2D eigenvalue weighted by molar-refractivity contribution is 7.18. The number of nitrogens with two attached hydrogens (primary N) is 1. The van der Waals surface area contributed by atoms with E-state index in [2.05, 4.69) is 10.6 Å². The van der Waals surface area contributed by atoms with E-state index in [9.17, 15) is 14.0 Å². The molecule has 0 fully saturated rings. The molecule has 0 aliphatic carbocycles. The van der Waals surface area contributed by atoms with Crippen LogP contribution in [-0.2, 0) is 0 Å². The molecular formula is C16H17ClFN3O2S. The van der Waals surface area contributed by atoms with Crippen LogP contribution in [-0.4, -0.2) is 24.9 Å². The number of thiophene rings is 1. The van der Waals surface area contributed by atoms with Gasteiger partial charge in [0.2, 0.25) is 0 Å². The SMILES string of the molecule is Cc1cc(NC(=O)c2ccc(F)cc2Cl)sc1C(=O)NCCCN. The second-order valence-corrected chi connectivity index (χ2v) is 6.56. The van der Waals surface area contributed by atoms with E-state index in [1.165, 1.54) is 17.4 Å². The normalized spacial score (nSPS) is 10.5. The van der Waals surface area contributed by atoms with Gasteiger partial charge in [-0.2, -0.15) is 0 Å². The maximum Gasteiger partial charge on any atom is 0.261 e. The summed E-state index contributed by atoms with van der Waals surface area (Å²) in [6, 6.07) is 5.26. The number of amides is 2. The molecule has 4 N–H and O–H groups in total. The number of nitrogens with one attached hydrogen (secondary N) is 2. The lowest BCUT2D eigenvalue weighted by Gasteiger charge is -2.05. The fraction of sp³-hybridized carbons (Fsp3) is 0.250. The summed E-state index contributed by atoms with van der Waals surface area (Å²) in [7, 11) is 0. The molecule has 24 heavy (non-hydrogen) atoms. The number of carbonyl (C=O) groups is 2. The highest BCUT2D eigenvalue weighted by atomic mass is 35.5. The Kier molecular flexibility index (Phi) is 6.30. The number of rotatable bonds is 6. The molecule has 2 aromatic rings. The van der Waals surface area contributed by atoms with Gasteiger partial charge in [0, 0.05) is 6.54 Å². The summed E-state index contributed by atoms with van der Waals surface area (Å²) >= 11 is 7.04. The zero-order valence-electron chi connectivity index (χ0n) is 13.0. The highest BCUT2D eigenvalue weighted by Gasteiger charge is 2.16. The van der Waals surface area contributed by atoms with E-state index in [4.69, 9.17) is 17.3 Å². The van der Waals surface area contributed by atoms with Crippen LogP contribution in [0.4, 0.5) is 9.39 Å². The van der Waals surface area contributed by atoms with Crippen LogP contribution in [0.2, 0.25) is 5.02 Å². The summed E-state index contributed by atoms with van der Waals surface area (Å²) < 4.78 is 13.0. The molecule has 0 saturated carbocycles. The van der Waals surface area contributed by atoms with Crippen LogP contribution in [0, 0.1) is 12.7 Å². The minimum Gasteiger partial charge on any atom is -0.351 e. The Bertz CT molecular complexity index is 764. The minimum atomic E-state index is -0.514. The summed E-state index contributed by atoms with van der Waals surface area (Å²) in [4.78, 5) is 24.8. The first-order chi connectivity index (χ1) is 11.4. The first kappa shape index (κ1) is 18.4. The molecule has 128 valence electrons. The van der Waals surface area contributed by atoms with Gasteiger partial charge in [0.05, 0.1) is 20.5 Å². The predicted molar refractivity (Wildman–Crippen MR) is 94.4 cm³/mol. The van der Waals surface area contributed by atoms with Gasteiger partial charge in [-0.15, -0.1) is 11.3 Å². The third-order valence-corrected chi connectivity index (χ3v) is 4.67. The zero-order valence-corrected chi connectivity index (χ0v) is 14.6. The van der Waals surface area contributed by atoms with Gasteiger partial charge in [-0.25, -0.2) is 4.39 Å². The molecule has 0 unspecified atom stereocenters. The van der Waals surface area contributed by atoms with Gasteiger partial charge >= 0.3 is 0 Å². The van der Waals surface area contributed by atoms with Gasteiger partial charge in [0.1, 0.15) is 5.82 Å². The molecule has 0 atom stereocenters. The summed E-state index contributed by atoms with van der Waals surface area (Å²) in [6.45, 7) is 2.79. The Labute approximate surface area is 148 Å². The molecule has 0 spiro atoms. The molecule has 2 rings (SSSR count). The van der Waals surface area contributed by atoms with E-state index in [0.29, 0.717) is 29.4 Å². The molecule has 0 saturated heterocycles. The molecule has 1 heterocycles. The van der Waals surface area contributed by atoms with Crippen molar-refractivity contribution in [3.63, 3.8) is 0 Å². The van der Waals surface area contributed by atoms with E-state index in [1.807, 2.05) is 0 Å². The summed E-state index contributed by atoms with van der Waals surface area (Å²) in [5.41, 5.74) is 6.31. The number of hydrogen-bond donors (Lipinski definition) is 3. The molecule has 0 aliphatic rings. The Hall–Kier alpha value is -1.96. The minimum absolute atomic E-state index is 0.0283. The van der Waals surface area contributed by atoms with Crippen LogP contribution < -0.4 is 16.4 Å². The average Bonchev–Trinajstić information content (AvgIpc) is 2.87. The third kappa shape index (κ3) is 4.53. The second kappa shape index (κ2) is 8.23. The van der Waals surface area contributed by atoms with Gasteiger partial charge in [-0.05, 0) is 49.7 Å². The van der Waals surface area contributed by atoms with Crippen LogP contribution in [0.1, 0.15) is 32.0 Å². The first-order valence-electron chi connectivity index (χ1n) is 7.27. The predicted octanol–water partition coefficient (Wildman–Crippen LogP) is 3.18. The van der Waals surface area contributed by atoms with E-state index in [0.717, 1.165) is 17.7 Å². The fourth-order valence-electron chi connectivity index (χ4n) is 2.01. The fourth-order valence-corrected chi connectivity index (χ4v) is 3.24. The van der Waals surface area contributed by atoms with Crippen molar-refractivity contribution in [3.8, 4) is 0 Å². The zero-order chi connectivity index (χ0) is 17.7. The van der Waals surface area contributed by atoms with Crippen LogP contribution >= 0.6 is 22.9 Å². The van der Waals surface area contributed by atoms with E-state index >= 15 is 0 Å². The number of aryl methyl sites for hydroxylation is 1. The quantitative estimate of drug-likeness (QED) is 0.684. The Morgan fingerprint density at radius 3 is 2.71 bits per heavy atom. The second-order valence-electron chi connectivity index (χ2n) is 5.10. The van der Waals surface area contributed by atoms with Gasteiger partial charge < -0.3 is 16.4 Å². The topological polar surface area (TPSA) is 84.2 Å². The largest absolute Gasteiger partial charge is 0.351 e. The lowest BCUT2D eigenvalue weighted by molar-refractivity contribution is 0.0956. The van der Waals surface area contributed by atoms with Crippen molar-refractivity contribution < 1.29 is 14.0 Å². The number of hydrogen-bond acceptors (Lipinski definition) is 4. The van der Waals surface area contributed by atoms with Gasteiger partial charge in [0.15, 0.2) is 0 Å². The van der Waals surface area contributed by atoms with Crippen molar-refractivity contribution in [2.45, 2.75) is 13.3 Å². The molecule has 0 bridgehead atoms. The van der Waals surface area contributed by atoms with E-state index in [1.54, 1.807) is 13.0 Å². The smallest absolute Gasteiger partial charge is 0.261 e. The van der Waals surface area contributed by atoms with Crippen molar-refractivity contribution in [1.29, 1.82) is 0 Å². The van der Waals surface area contributed by atoms with Crippen molar-refractivity contribution in [2.24, 2.45) is 5.73 Å². The van der Waals surface area contributed by atoms with Crippen molar-refractivity contribution in [1.82, 2.24) is 5.32 Å². The highest BCUT2D eigenvalue weighted by Crippen LogP contribution is 2.28. The maximum atomic E-state index is 13.0. The molecule has 0 radical (unpaired) electrons. The Morgan fingerprint density at radius 2 is 2.04 bits per heavy atom. The number of benzene rings is 1. The van der Waals surface area contributed by atoms with E-state index < -0.39 is 11.7 Å². The van der Waals surface area contributed by atoms with Gasteiger partial charge in [-0.1, -0.05) is 11.6 Å². The van der Waals surface area contributed by atoms with Crippen molar-refractivity contribution in [3.05, 3.63) is 51.1 Å². The number of anilines is 1. The van der Waals surface area contributed by atoms with Crippen LogP contribution in [0.15, 0.2) is 24.3 Å². The van der Waals surface area contributed by atoms with Crippen LogP contribution in [0.25, 0.3) is 0 Å². The maximum absolute atomic E-state index is 13.0. The summed E-state index contributed by atoms with van der Waals surface area (Å²) in [6.07, 6.45) is 0.697. The van der Waals surface area contributed by atoms with Crippen LogP contribution in [0.5, 0.6) is 0 Å². The summed E-state index contributed by atoms with van der Waals surface area (Å²) in [5, 5.41) is 5.99. The molecule has 8 heteroatoms. The van der Waals surface area contributed by atoms with Crippen LogP contribution in [0.3, 0.4) is 0 Å². The number of halogens is 2. The molecule has 0 aliphatic heterocycles. The van der Waals surface area contributed by atoms with Gasteiger partial charge in [-0.3, -0.25) is 9.59 Å². The number of carbonyl (C=O) groups excluding carboxylic acids is 2. The lowest BCUT2D eigenvalue weighted by Crippen LogP contribution is -2.25. The molecule has 1 aromatic heterocycles. The molecular weight excluding hydrogens is 353 g/mol. The standard InChI is InChI=1S/C16H17ClFN3O2S/c1-9-7-13(24-14(9)16(23)20-6-2-5-19)21-15(22)11-4-3-10(18)8-12(11)17/h3-4,7-8H,2,5-6,19H2,1H3,(H,20,23)(H,21,22). The molecule has 1 aromatic carbocycles. The third-order valence-electron chi connectivity index (χ3n) is 3.20. The lowest BCUT2D eigenvalue weighted by atomic mass is 10.2. The van der Waals surface area contributed by atoms with Gasteiger partial charge in [0.25, 0.3) is 11.8 Å².